The van der Waals surface area contributed by atoms with Crippen molar-refractivity contribution in [3.8, 4) is 17.0 Å². The Morgan fingerprint density at radius 1 is 1.10 bits per heavy atom. The Hall–Kier alpha value is -3.88. The van der Waals surface area contributed by atoms with Crippen molar-refractivity contribution >= 4 is 17.6 Å². The zero-order valence-corrected chi connectivity index (χ0v) is 15.2. The maximum absolute atomic E-state index is 13.2. The van der Waals surface area contributed by atoms with Crippen molar-refractivity contribution < 1.29 is 32.6 Å². The average molecular weight is 414 g/mol. The highest BCUT2D eigenvalue weighted by Gasteiger charge is 2.32. The van der Waals surface area contributed by atoms with Crippen molar-refractivity contribution in [3.63, 3.8) is 0 Å². The van der Waals surface area contributed by atoms with Gasteiger partial charge >= 0.3 is 12.6 Å². The summed E-state index contributed by atoms with van der Waals surface area (Å²) in [6.45, 7) is -3.10. The van der Waals surface area contributed by atoms with E-state index in [1.165, 1.54) is 53.6 Å². The highest BCUT2D eigenvalue weighted by atomic mass is 19.3. The number of ether oxygens (including phenoxy) is 1. The van der Waals surface area contributed by atoms with Gasteiger partial charge in [0.2, 0.25) is 0 Å². The van der Waals surface area contributed by atoms with Crippen molar-refractivity contribution in [1.29, 1.82) is 0 Å². The second kappa shape index (κ2) is 7.51. The molecule has 0 aliphatic carbocycles. The number of aromatic nitrogens is 1. The number of pyridine rings is 1. The van der Waals surface area contributed by atoms with Crippen molar-refractivity contribution in [3.05, 3.63) is 77.2 Å². The van der Waals surface area contributed by atoms with Crippen LogP contribution in [0.3, 0.4) is 0 Å². The molecule has 0 unspecified atom stereocenters. The van der Waals surface area contributed by atoms with E-state index in [2.05, 4.69) is 9.72 Å². The van der Waals surface area contributed by atoms with Gasteiger partial charge in [-0.1, -0.05) is 0 Å². The van der Waals surface area contributed by atoms with Gasteiger partial charge in [0.25, 0.3) is 5.91 Å². The van der Waals surface area contributed by atoms with Crippen molar-refractivity contribution in [2.24, 2.45) is 0 Å². The molecule has 152 valence electrons. The van der Waals surface area contributed by atoms with Gasteiger partial charge < -0.3 is 14.7 Å². The number of rotatable bonds is 5. The molecule has 0 fully saturated rings. The SMILES string of the molecule is O=C(O)c1ccc(-c2nccc3c2CN(c2ccc(F)cc2)C3=O)c(OC(F)F)c1. The molecule has 3 aromatic rings. The van der Waals surface area contributed by atoms with E-state index in [9.17, 15) is 22.8 Å². The lowest BCUT2D eigenvalue weighted by atomic mass is 10.0. The molecule has 1 amide bonds. The summed E-state index contributed by atoms with van der Waals surface area (Å²) >= 11 is 0. The molecule has 1 aromatic heterocycles. The number of anilines is 1. The fourth-order valence-corrected chi connectivity index (χ4v) is 3.33. The highest BCUT2D eigenvalue weighted by Crippen LogP contribution is 2.38. The fraction of sp³-hybridized carbons (Fsp3) is 0.0952. The summed E-state index contributed by atoms with van der Waals surface area (Å²) in [5.41, 5.74) is 1.37. The number of nitrogens with zero attached hydrogens (tertiary/aromatic N) is 2. The molecular weight excluding hydrogens is 401 g/mol. The molecule has 2 heterocycles. The smallest absolute Gasteiger partial charge is 0.387 e. The van der Waals surface area contributed by atoms with Crippen LogP contribution in [-0.2, 0) is 6.54 Å². The Kier molecular flexibility index (Phi) is 4.86. The first kappa shape index (κ1) is 19.4. The molecule has 0 saturated carbocycles. The first-order chi connectivity index (χ1) is 14.3. The van der Waals surface area contributed by atoms with E-state index in [-0.39, 0.29) is 35.0 Å². The Labute approximate surface area is 168 Å². The zero-order chi connectivity index (χ0) is 21.4. The maximum Gasteiger partial charge on any atom is 0.387 e. The third-order valence-electron chi connectivity index (χ3n) is 4.69. The molecule has 0 bridgehead atoms. The number of alkyl halides is 2. The first-order valence-corrected chi connectivity index (χ1v) is 8.73. The number of halogens is 3. The summed E-state index contributed by atoms with van der Waals surface area (Å²) in [6, 6.07) is 10.4. The summed E-state index contributed by atoms with van der Waals surface area (Å²) in [4.78, 5) is 29.7. The van der Waals surface area contributed by atoms with Crippen LogP contribution in [-0.4, -0.2) is 28.6 Å². The average Bonchev–Trinajstić information content (AvgIpc) is 3.05. The van der Waals surface area contributed by atoms with Gasteiger partial charge in [-0.25, -0.2) is 9.18 Å². The minimum atomic E-state index is -3.18. The van der Waals surface area contributed by atoms with E-state index in [4.69, 9.17) is 5.11 Å². The van der Waals surface area contributed by atoms with E-state index in [1.54, 1.807) is 0 Å². The molecule has 9 heteroatoms. The van der Waals surface area contributed by atoms with Crippen LogP contribution >= 0.6 is 0 Å². The Morgan fingerprint density at radius 3 is 2.50 bits per heavy atom. The van der Waals surface area contributed by atoms with Crippen LogP contribution in [0.15, 0.2) is 54.7 Å². The van der Waals surface area contributed by atoms with Gasteiger partial charge in [0, 0.05) is 28.6 Å². The van der Waals surface area contributed by atoms with Gasteiger partial charge in [0.1, 0.15) is 11.6 Å². The summed E-state index contributed by atoms with van der Waals surface area (Å²) in [7, 11) is 0. The van der Waals surface area contributed by atoms with Crippen LogP contribution in [0.2, 0.25) is 0 Å². The predicted molar refractivity (Wildman–Crippen MR) is 100 cm³/mol. The molecule has 6 nitrogen and oxygen atoms in total. The monoisotopic (exact) mass is 414 g/mol. The normalized spacial score (nSPS) is 12.9. The summed E-state index contributed by atoms with van der Waals surface area (Å²) in [5.74, 6) is -2.46. The number of amides is 1. The van der Waals surface area contributed by atoms with Crippen LogP contribution in [0.4, 0.5) is 18.9 Å². The lowest BCUT2D eigenvalue weighted by Gasteiger charge is -2.16. The molecule has 0 saturated heterocycles. The predicted octanol–water partition coefficient (Wildman–Crippen LogP) is 4.35. The zero-order valence-electron chi connectivity index (χ0n) is 15.2. The number of carbonyl (C=O) groups excluding carboxylic acids is 1. The second-order valence-electron chi connectivity index (χ2n) is 6.45. The number of fused-ring (bicyclic) bond motifs is 1. The van der Waals surface area contributed by atoms with Crippen LogP contribution in [0, 0.1) is 5.82 Å². The third kappa shape index (κ3) is 3.45. The highest BCUT2D eigenvalue weighted by molar-refractivity contribution is 6.11. The van der Waals surface area contributed by atoms with Crippen molar-refractivity contribution in [1.82, 2.24) is 4.98 Å². The molecule has 1 aliphatic rings. The Balaban J connectivity index is 1.80. The maximum atomic E-state index is 13.2. The van der Waals surface area contributed by atoms with E-state index in [0.717, 1.165) is 6.07 Å². The number of carbonyl (C=O) groups is 2. The van der Waals surface area contributed by atoms with Crippen LogP contribution < -0.4 is 9.64 Å². The molecule has 1 N–H and O–H groups in total. The van der Waals surface area contributed by atoms with Gasteiger partial charge in [0.05, 0.1) is 17.8 Å². The van der Waals surface area contributed by atoms with Crippen LogP contribution in [0.5, 0.6) is 5.75 Å². The number of benzene rings is 2. The number of hydrogen-bond acceptors (Lipinski definition) is 4. The minimum Gasteiger partial charge on any atom is -0.478 e. The van der Waals surface area contributed by atoms with E-state index in [0.29, 0.717) is 16.8 Å². The molecule has 0 atom stereocenters. The molecule has 1 aliphatic heterocycles. The standard InChI is InChI=1S/C21H13F3N2O4/c22-12-2-4-13(5-3-12)26-10-16-14(19(26)27)7-8-25-18(16)15-6-1-11(20(28)29)9-17(15)30-21(23)24/h1-9,21H,10H2,(H,28,29). The summed E-state index contributed by atoms with van der Waals surface area (Å²) in [6.07, 6.45) is 1.36. The van der Waals surface area contributed by atoms with E-state index in [1.807, 2.05) is 0 Å². The number of aromatic carboxylic acids is 1. The van der Waals surface area contributed by atoms with Crippen LogP contribution in [0.25, 0.3) is 11.3 Å². The Morgan fingerprint density at radius 2 is 1.83 bits per heavy atom. The fourth-order valence-electron chi connectivity index (χ4n) is 3.33. The summed E-state index contributed by atoms with van der Waals surface area (Å²) < 4.78 is 43.6. The van der Waals surface area contributed by atoms with Crippen LogP contribution in [0.1, 0.15) is 26.3 Å². The number of carboxylic acids is 1. The molecule has 4 rings (SSSR count). The van der Waals surface area contributed by atoms with Gasteiger partial charge in [-0.3, -0.25) is 9.78 Å². The van der Waals surface area contributed by atoms with Gasteiger partial charge in [-0.2, -0.15) is 8.78 Å². The summed E-state index contributed by atoms with van der Waals surface area (Å²) in [5, 5.41) is 9.14. The van der Waals surface area contributed by atoms with E-state index >= 15 is 0 Å². The quantitative estimate of drug-likeness (QED) is 0.672. The van der Waals surface area contributed by atoms with Gasteiger partial charge in [-0.15, -0.1) is 0 Å². The van der Waals surface area contributed by atoms with Gasteiger partial charge in [-0.05, 0) is 48.5 Å². The van der Waals surface area contributed by atoms with Gasteiger partial charge in [0.15, 0.2) is 0 Å². The number of carboxylic acid groups (broad SMARTS) is 1. The van der Waals surface area contributed by atoms with Crippen molar-refractivity contribution in [2.75, 3.05) is 4.90 Å². The third-order valence-corrected chi connectivity index (χ3v) is 4.69. The largest absolute Gasteiger partial charge is 0.478 e. The lowest BCUT2D eigenvalue weighted by Crippen LogP contribution is -2.22. The van der Waals surface area contributed by atoms with E-state index < -0.39 is 18.4 Å². The topological polar surface area (TPSA) is 79.7 Å². The minimum absolute atomic E-state index is 0.0811. The van der Waals surface area contributed by atoms with Crippen molar-refractivity contribution in [2.45, 2.75) is 13.2 Å². The second-order valence-corrected chi connectivity index (χ2v) is 6.45. The lowest BCUT2D eigenvalue weighted by molar-refractivity contribution is -0.0495. The first-order valence-electron chi connectivity index (χ1n) is 8.73. The molecule has 0 radical (unpaired) electrons. The molecule has 30 heavy (non-hydrogen) atoms. The molecule has 2 aromatic carbocycles. The Bertz CT molecular complexity index is 1150. The molecule has 0 spiro atoms. The molecular formula is C21H13F3N2O4. The number of hydrogen-bond donors (Lipinski definition) is 1.